The zero-order chi connectivity index (χ0) is 22.0. The molecule has 1 atom stereocenters. The Morgan fingerprint density at radius 3 is 2.37 bits per heavy atom. The lowest BCUT2D eigenvalue weighted by Gasteiger charge is -2.25. The number of carbonyl (C=O) groups excluding carboxylic acids is 1. The normalized spacial score (nSPS) is 12.8. The second kappa shape index (κ2) is 11.5. The summed E-state index contributed by atoms with van der Waals surface area (Å²) < 4.78 is 31.7. The van der Waals surface area contributed by atoms with E-state index in [1.807, 2.05) is 73.6 Å². The molecule has 1 unspecified atom stereocenters. The average molecular weight is 432 g/mol. The zero-order valence-electron chi connectivity index (χ0n) is 17.5. The van der Waals surface area contributed by atoms with Crippen molar-refractivity contribution in [1.82, 2.24) is 14.9 Å². The average Bonchev–Trinajstić information content (AvgIpc) is 2.73. The monoisotopic (exact) mass is 431 g/mol. The number of methoxy groups -OCH3 is 1. The van der Waals surface area contributed by atoms with Gasteiger partial charge in [-0.2, -0.15) is 0 Å². The third kappa shape index (κ3) is 7.98. The molecular weight excluding hydrogens is 402 g/mol. The fraction of sp³-hybridized carbons (Fsp3) is 0.318. The highest BCUT2D eigenvalue weighted by molar-refractivity contribution is 7.92. The maximum absolute atomic E-state index is 12.2. The van der Waals surface area contributed by atoms with Gasteiger partial charge in [-0.05, 0) is 43.4 Å². The molecule has 0 fully saturated rings. The molecule has 8 heteroatoms. The van der Waals surface area contributed by atoms with E-state index in [-0.39, 0.29) is 24.9 Å². The Labute approximate surface area is 178 Å². The van der Waals surface area contributed by atoms with Crippen LogP contribution < -0.4 is 14.8 Å². The Kier molecular flexibility index (Phi) is 9.04. The molecule has 0 aliphatic rings. The van der Waals surface area contributed by atoms with E-state index in [2.05, 4.69) is 10.0 Å². The molecule has 0 spiro atoms. The highest BCUT2D eigenvalue weighted by atomic mass is 32.2. The number of ether oxygens (including phenoxy) is 1. The minimum absolute atomic E-state index is 0.00893. The maximum Gasteiger partial charge on any atom is 0.233 e. The van der Waals surface area contributed by atoms with Crippen molar-refractivity contribution in [3.05, 3.63) is 71.1 Å². The third-order valence-corrected chi connectivity index (χ3v) is 5.61. The van der Waals surface area contributed by atoms with E-state index in [1.54, 1.807) is 7.11 Å². The molecule has 7 nitrogen and oxygen atoms in total. The summed E-state index contributed by atoms with van der Waals surface area (Å²) in [5, 5.41) is 3.97. The molecule has 0 saturated heterocycles. The van der Waals surface area contributed by atoms with Crippen molar-refractivity contribution in [2.75, 3.05) is 34.3 Å². The quantitative estimate of drug-likeness (QED) is 0.570. The van der Waals surface area contributed by atoms with E-state index >= 15 is 0 Å². The number of rotatable bonds is 11. The van der Waals surface area contributed by atoms with E-state index in [0.717, 1.165) is 22.3 Å². The standard InChI is InChI=1S/C22H29N3O4S/c1-25(2)21(19-9-11-20(29-3)12-10-19)17-23-22(26)13-15-24-30(27,28)16-14-18-7-5-4-6-8-18/h4-12,14,16,21,24H,13,15,17H2,1-3H3,(H,23,26)/b16-14+. The summed E-state index contributed by atoms with van der Waals surface area (Å²) in [6, 6.07) is 16.8. The van der Waals surface area contributed by atoms with Crippen LogP contribution in [0.15, 0.2) is 60.0 Å². The SMILES string of the molecule is COc1ccc(C(CNC(=O)CCNS(=O)(=O)/C=C/c2ccccc2)N(C)C)cc1. The Morgan fingerprint density at radius 1 is 1.10 bits per heavy atom. The molecule has 0 heterocycles. The van der Waals surface area contributed by atoms with Crippen molar-refractivity contribution < 1.29 is 17.9 Å². The number of hydrogen-bond acceptors (Lipinski definition) is 5. The first-order valence-corrected chi connectivity index (χ1v) is 11.2. The predicted octanol–water partition coefficient (Wildman–Crippen LogP) is 2.39. The molecule has 0 aromatic heterocycles. The second-order valence-electron chi connectivity index (χ2n) is 6.96. The minimum atomic E-state index is -3.60. The number of hydrogen-bond donors (Lipinski definition) is 2. The molecule has 2 rings (SSSR count). The van der Waals surface area contributed by atoms with Crippen LogP contribution in [0.1, 0.15) is 23.6 Å². The van der Waals surface area contributed by atoms with E-state index in [0.29, 0.717) is 6.54 Å². The number of benzene rings is 2. The van der Waals surface area contributed by atoms with Crippen LogP contribution in [0.2, 0.25) is 0 Å². The number of carbonyl (C=O) groups is 1. The van der Waals surface area contributed by atoms with Crippen LogP contribution in [0.4, 0.5) is 0 Å². The van der Waals surface area contributed by atoms with Crippen LogP contribution in [-0.4, -0.2) is 53.5 Å². The van der Waals surface area contributed by atoms with Gasteiger partial charge in [0, 0.05) is 24.9 Å². The molecule has 0 aliphatic carbocycles. The molecule has 0 radical (unpaired) electrons. The highest BCUT2D eigenvalue weighted by Crippen LogP contribution is 2.20. The van der Waals surface area contributed by atoms with Crippen molar-refractivity contribution in [3.63, 3.8) is 0 Å². The molecule has 2 aromatic carbocycles. The third-order valence-electron chi connectivity index (χ3n) is 4.51. The fourth-order valence-electron chi connectivity index (χ4n) is 2.81. The van der Waals surface area contributed by atoms with Gasteiger partial charge in [-0.25, -0.2) is 13.1 Å². The number of nitrogens with one attached hydrogen (secondary N) is 2. The van der Waals surface area contributed by atoms with Crippen LogP contribution in [0.3, 0.4) is 0 Å². The summed E-state index contributed by atoms with van der Waals surface area (Å²) in [4.78, 5) is 14.2. The summed E-state index contributed by atoms with van der Waals surface area (Å²) in [5.41, 5.74) is 1.83. The smallest absolute Gasteiger partial charge is 0.233 e. The van der Waals surface area contributed by atoms with Crippen molar-refractivity contribution in [1.29, 1.82) is 0 Å². The molecular formula is C22H29N3O4S. The van der Waals surface area contributed by atoms with Gasteiger partial charge in [-0.15, -0.1) is 0 Å². The van der Waals surface area contributed by atoms with E-state index in [9.17, 15) is 13.2 Å². The lowest BCUT2D eigenvalue weighted by molar-refractivity contribution is -0.121. The summed E-state index contributed by atoms with van der Waals surface area (Å²) in [6.45, 7) is 0.446. The number of nitrogens with zero attached hydrogens (tertiary/aromatic N) is 1. The molecule has 1 amide bonds. The van der Waals surface area contributed by atoms with Gasteiger partial charge in [0.05, 0.1) is 13.2 Å². The Morgan fingerprint density at radius 2 is 1.77 bits per heavy atom. The van der Waals surface area contributed by atoms with Gasteiger partial charge in [0.25, 0.3) is 0 Å². The molecule has 0 saturated carbocycles. The molecule has 30 heavy (non-hydrogen) atoms. The predicted molar refractivity (Wildman–Crippen MR) is 119 cm³/mol. The highest BCUT2D eigenvalue weighted by Gasteiger charge is 2.15. The van der Waals surface area contributed by atoms with Gasteiger partial charge < -0.3 is 15.0 Å². The Hall–Kier alpha value is -2.68. The second-order valence-corrected chi connectivity index (χ2v) is 8.61. The first-order chi connectivity index (χ1) is 14.3. The minimum Gasteiger partial charge on any atom is -0.497 e. The number of likely N-dealkylation sites (N-methyl/N-ethyl adjacent to an activating group) is 1. The van der Waals surface area contributed by atoms with Gasteiger partial charge >= 0.3 is 0 Å². The van der Waals surface area contributed by atoms with E-state index < -0.39 is 10.0 Å². The van der Waals surface area contributed by atoms with Crippen LogP contribution >= 0.6 is 0 Å². The van der Waals surface area contributed by atoms with Gasteiger partial charge in [0.2, 0.25) is 15.9 Å². The molecule has 0 bridgehead atoms. The van der Waals surface area contributed by atoms with Gasteiger partial charge in [0.15, 0.2) is 0 Å². The van der Waals surface area contributed by atoms with Gasteiger partial charge in [-0.3, -0.25) is 4.79 Å². The Balaban J connectivity index is 1.80. The fourth-order valence-corrected chi connectivity index (χ4v) is 3.63. The lowest BCUT2D eigenvalue weighted by Crippen LogP contribution is -2.36. The molecule has 162 valence electrons. The summed E-state index contributed by atoms with van der Waals surface area (Å²) in [7, 11) is 1.89. The largest absolute Gasteiger partial charge is 0.497 e. The number of sulfonamides is 1. The summed E-state index contributed by atoms with van der Waals surface area (Å²) in [5.74, 6) is 0.555. The first-order valence-electron chi connectivity index (χ1n) is 9.60. The van der Waals surface area contributed by atoms with Crippen LogP contribution in [-0.2, 0) is 14.8 Å². The van der Waals surface area contributed by atoms with Crippen molar-refractivity contribution >= 4 is 22.0 Å². The van der Waals surface area contributed by atoms with Crippen LogP contribution in [0.5, 0.6) is 5.75 Å². The van der Waals surface area contributed by atoms with E-state index in [4.69, 9.17) is 4.74 Å². The van der Waals surface area contributed by atoms with Gasteiger partial charge in [0.1, 0.15) is 5.75 Å². The zero-order valence-corrected chi connectivity index (χ0v) is 18.4. The molecule has 2 aromatic rings. The number of amides is 1. The van der Waals surface area contributed by atoms with Crippen molar-refractivity contribution in [2.45, 2.75) is 12.5 Å². The van der Waals surface area contributed by atoms with Crippen molar-refractivity contribution in [2.24, 2.45) is 0 Å². The molecule has 2 N–H and O–H groups in total. The van der Waals surface area contributed by atoms with Gasteiger partial charge in [-0.1, -0.05) is 42.5 Å². The summed E-state index contributed by atoms with van der Waals surface area (Å²) in [6.07, 6.45) is 1.57. The Bertz CT molecular complexity index is 927. The maximum atomic E-state index is 12.2. The van der Waals surface area contributed by atoms with Crippen molar-refractivity contribution in [3.8, 4) is 5.75 Å². The lowest BCUT2D eigenvalue weighted by atomic mass is 10.1. The van der Waals surface area contributed by atoms with Crippen LogP contribution in [0, 0.1) is 0 Å². The topological polar surface area (TPSA) is 87.7 Å². The van der Waals surface area contributed by atoms with E-state index in [1.165, 1.54) is 6.08 Å². The summed E-state index contributed by atoms with van der Waals surface area (Å²) >= 11 is 0. The molecule has 0 aliphatic heterocycles. The first kappa shape index (κ1) is 23.6. The van der Waals surface area contributed by atoms with Crippen LogP contribution in [0.25, 0.3) is 6.08 Å².